The van der Waals surface area contributed by atoms with E-state index < -0.39 is 0 Å². The van der Waals surface area contributed by atoms with Gasteiger partial charge in [0, 0.05) is 14.9 Å². The van der Waals surface area contributed by atoms with Crippen LogP contribution in [0.1, 0.15) is 29.2 Å². The number of aromatic nitrogens is 1. The van der Waals surface area contributed by atoms with Crippen molar-refractivity contribution in [3.05, 3.63) is 79.7 Å². The summed E-state index contributed by atoms with van der Waals surface area (Å²) in [4.78, 5) is 16.8. The second kappa shape index (κ2) is 9.35. The van der Waals surface area contributed by atoms with Gasteiger partial charge in [0.15, 0.2) is 0 Å². The van der Waals surface area contributed by atoms with E-state index in [4.69, 9.17) is 16.3 Å². The molecule has 1 amide bonds. The summed E-state index contributed by atoms with van der Waals surface area (Å²) < 4.78 is 6.66. The summed E-state index contributed by atoms with van der Waals surface area (Å²) in [5.41, 5.74) is 1.78. The molecule has 4 nitrogen and oxygen atoms in total. The molecule has 0 aliphatic carbocycles. The molecule has 0 aliphatic rings. The zero-order valence-corrected chi connectivity index (χ0v) is 17.8. The molecule has 0 saturated carbocycles. The highest BCUT2D eigenvalue weighted by molar-refractivity contribution is 9.10. The van der Waals surface area contributed by atoms with Crippen molar-refractivity contribution in [2.45, 2.75) is 26.0 Å². The van der Waals surface area contributed by atoms with E-state index in [1.807, 2.05) is 48.7 Å². The number of carbonyl (C=O) groups is 1. The summed E-state index contributed by atoms with van der Waals surface area (Å²) in [5.74, 6) is 0.671. The third-order valence-corrected chi connectivity index (χ3v) is 5.71. The number of hydrogen-bond donors (Lipinski definition) is 1. The molecule has 0 saturated heterocycles. The van der Waals surface area contributed by atoms with E-state index in [1.165, 1.54) is 11.3 Å². The number of thiazole rings is 1. The van der Waals surface area contributed by atoms with Crippen molar-refractivity contribution in [2.75, 3.05) is 0 Å². The molecule has 0 fully saturated rings. The molecule has 3 aromatic rings. The number of rotatable bonds is 7. The minimum atomic E-state index is -0.0839. The molecular formula is C20H18BrClN2O2S. The van der Waals surface area contributed by atoms with Gasteiger partial charge in [0.2, 0.25) is 5.91 Å². The van der Waals surface area contributed by atoms with Gasteiger partial charge in [-0.15, -0.1) is 11.3 Å². The van der Waals surface area contributed by atoms with Gasteiger partial charge in [-0.3, -0.25) is 4.79 Å². The summed E-state index contributed by atoms with van der Waals surface area (Å²) in [6.07, 6.45) is 0.242. The van der Waals surface area contributed by atoms with Crippen LogP contribution in [0.3, 0.4) is 0 Å². The van der Waals surface area contributed by atoms with Crippen LogP contribution in [0.4, 0.5) is 0 Å². The lowest BCUT2D eigenvalue weighted by Crippen LogP contribution is -2.28. The minimum Gasteiger partial charge on any atom is -0.486 e. The fraction of sp³-hybridized carbons (Fsp3) is 0.200. The fourth-order valence-electron chi connectivity index (χ4n) is 2.53. The lowest BCUT2D eigenvalue weighted by Gasteiger charge is -2.15. The highest BCUT2D eigenvalue weighted by atomic mass is 79.9. The second-order valence-electron chi connectivity index (χ2n) is 5.96. The second-order valence-corrected chi connectivity index (χ2v) is 8.20. The first-order valence-electron chi connectivity index (χ1n) is 8.36. The SMILES string of the molecule is CC(NC(=O)Cc1csc(COc2ccc(Cl)cc2)n1)c1ccccc1Br. The van der Waals surface area contributed by atoms with Crippen molar-refractivity contribution >= 4 is 44.8 Å². The van der Waals surface area contributed by atoms with Crippen molar-refractivity contribution in [2.24, 2.45) is 0 Å². The molecule has 2 aromatic carbocycles. The van der Waals surface area contributed by atoms with E-state index in [1.54, 1.807) is 12.1 Å². The van der Waals surface area contributed by atoms with E-state index in [0.29, 0.717) is 11.6 Å². The number of carbonyl (C=O) groups excluding carboxylic acids is 1. The van der Waals surface area contributed by atoms with Crippen LogP contribution in [0.2, 0.25) is 5.02 Å². The Bertz CT molecular complexity index is 914. The predicted molar refractivity (Wildman–Crippen MR) is 112 cm³/mol. The Morgan fingerprint density at radius 3 is 2.74 bits per heavy atom. The molecule has 0 bridgehead atoms. The normalized spacial score (nSPS) is 11.8. The van der Waals surface area contributed by atoms with Gasteiger partial charge in [0.1, 0.15) is 17.4 Å². The molecule has 1 heterocycles. The zero-order valence-electron chi connectivity index (χ0n) is 14.6. The maximum Gasteiger partial charge on any atom is 0.226 e. The highest BCUT2D eigenvalue weighted by Gasteiger charge is 2.14. The molecule has 0 radical (unpaired) electrons. The minimum absolute atomic E-state index is 0.0614. The van der Waals surface area contributed by atoms with Gasteiger partial charge in [0.05, 0.1) is 18.2 Å². The van der Waals surface area contributed by atoms with Gasteiger partial charge in [-0.1, -0.05) is 45.7 Å². The highest BCUT2D eigenvalue weighted by Crippen LogP contribution is 2.23. The van der Waals surface area contributed by atoms with E-state index in [2.05, 4.69) is 26.2 Å². The van der Waals surface area contributed by atoms with E-state index in [9.17, 15) is 4.79 Å². The van der Waals surface area contributed by atoms with E-state index >= 15 is 0 Å². The molecule has 1 aromatic heterocycles. The molecule has 7 heteroatoms. The number of hydrogen-bond acceptors (Lipinski definition) is 4. The van der Waals surface area contributed by atoms with Gasteiger partial charge in [-0.05, 0) is 42.8 Å². The summed E-state index contributed by atoms with van der Waals surface area (Å²) >= 11 is 10.9. The Morgan fingerprint density at radius 2 is 2.00 bits per heavy atom. The smallest absolute Gasteiger partial charge is 0.226 e. The molecule has 0 aliphatic heterocycles. The van der Waals surface area contributed by atoms with Crippen molar-refractivity contribution < 1.29 is 9.53 Å². The van der Waals surface area contributed by atoms with Crippen molar-refractivity contribution in [1.82, 2.24) is 10.3 Å². The van der Waals surface area contributed by atoms with Crippen LogP contribution in [-0.4, -0.2) is 10.9 Å². The van der Waals surface area contributed by atoms with Crippen molar-refractivity contribution in [3.63, 3.8) is 0 Å². The third kappa shape index (κ3) is 5.79. The Balaban J connectivity index is 1.51. The van der Waals surface area contributed by atoms with Gasteiger partial charge in [-0.25, -0.2) is 4.98 Å². The summed E-state index contributed by atoms with van der Waals surface area (Å²) in [6, 6.07) is 15.0. The number of nitrogens with one attached hydrogen (secondary N) is 1. The first-order chi connectivity index (χ1) is 13.0. The maximum atomic E-state index is 12.3. The van der Waals surface area contributed by atoms with E-state index in [-0.39, 0.29) is 18.4 Å². The average Bonchev–Trinajstić information content (AvgIpc) is 3.08. The number of amides is 1. The quantitative estimate of drug-likeness (QED) is 0.497. The number of halogens is 2. The van der Waals surface area contributed by atoms with Crippen LogP contribution in [0.15, 0.2) is 58.4 Å². The standard InChI is InChI=1S/C20H18BrClN2O2S/c1-13(17-4-2-3-5-18(17)21)23-19(25)10-15-12-27-20(24-15)11-26-16-8-6-14(22)7-9-16/h2-9,12-13H,10-11H2,1H3,(H,23,25). The van der Waals surface area contributed by atoms with Crippen LogP contribution >= 0.6 is 38.9 Å². The van der Waals surface area contributed by atoms with Crippen LogP contribution in [-0.2, 0) is 17.8 Å². The van der Waals surface area contributed by atoms with Gasteiger partial charge < -0.3 is 10.1 Å². The Hall–Kier alpha value is -1.89. The Kier molecular flexibility index (Phi) is 6.88. The maximum absolute atomic E-state index is 12.3. The van der Waals surface area contributed by atoms with Gasteiger partial charge in [0.25, 0.3) is 0 Å². The molecule has 1 N–H and O–H groups in total. The Labute approximate surface area is 175 Å². The summed E-state index contributed by atoms with van der Waals surface area (Å²) in [7, 11) is 0. The largest absolute Gasteiger partial charge is 0.486 e. The lowest BCUT2D eigenvalue weighted by molar-refractivity contribution is -0.121. The van der Waals surface area contributed by atoms with Crippen molar-refractivity contribution in [3.8, 4) is 5.75 Å². The van der Waals surface area contributed by atoms with Gasteiger partial charge in [-0.2, -0.15) is 0 Å². The first kappa shape index (κ1) is 19.9. The van der Waals surface area contributed by atoms with Gasteiger partial charge >= 0.3 is 0 Å². The average molecular weight is 466 g/mol. The number of nitrogens with zero attached hydrogens (tertiary/aromatic N) is 1. The summed E-state index contributed by atoms with van der Waals surface area (Å²) in [6.45, 7) is 2.33. The molecule has 140 valence electrons. The lowest BCUT2D eigenvalue weighted by atomic mass is 10.1. The molecule has 1 atom stereocenters. The molecule has 27 heavy (non-hydrogen) atoms. The number of ether oxygens (including phenoxy) is 1. The van der Waals surface area contributed by atoms with Crippen LogP contribution in [0.25, 0.3) is 0 Å². The zero-order chi connectivity index (χ0) is 19.2. The molecular weight excluding hydrogens is 448 g/mol. The topological polar surface area (TPSA) is 51.2 Å². The molecule has 0 spiro atoms. The van der Waals surface area contributed by atoms with Crippen LogP contribution < -0.4 is 10.1 Å². The number of benzene rings is 2. The predicted octanol–water partition coefficient (Wildman–Crippen LogP) is 5.56. The first-order valence-corrected chi connectivity index (χ1v) is 10.4. The van der Waals surface area contributed by atoms with Crippen molar-refractivity contribution in [1.29, 1.82) is 0 Å². The van der Waals surface area contributed by atoms with Crippen LogP contribution in [0.5, 0.6) is 5.75 Å². The Morgan fingerprint density at radius 1 is 1.26 bits per heavy atom. The molecule has 3 rings (SSSR count). The monoisotopic (exact) mass is 464 g/mol. The fourth-order valence-corrected chi connectivity index (χ4v) is 3.99. The molecule has 1 unspecified atom stereocenters. The summed E-state index contributed by atoms with van der Waals surface area (Å²) in [5, 5.41) is 6.40. The third-order valence-electron chi connectivity index (χ3n) is 3.87. The van der Waals surface area contributed by atoms with Crippen LogP contribution in [0, 0.1) is 0 Å². The van der Waals surface area contributed by atoms with E-state index in [0.717, 1.165) is 26.5 Å².